The number of azide groups is 3. The molecule has 0 fully saturated rings. The highest BCUT2D eigenvalue weighted by Gasteiger charge is 2.21. The molecule has 0 spiro atoms. The lowest BCUT2D eigenvalue weighted by atomic mass is 10.0. The smallest absolute Gasteiger partial charge is 0.113 e. The van der Waals surface area contributed by atoms with E-state index in [0.717, 1.165) is 33.6 Å². The zero-order valence-corrected chi connectivity index (χ0v) is 35.6. The van der Waals surface area contributed by atoms with Gasteiger partial charge in [0.25, 0.3) is 0 Å². The van der Waals surface area contributed by atoms with E-state index in [9.17, 15) is 16.6 Å². The number of fused-ring (bicyclic) bond motifs is 8. The van der Waals surface area contributed by atoms with Crippen LogP contribution in [0.4, 0.5) is 17.1 Å². The van der Waals surface area contributed by atoms with Crippen LogP contribution >= 0.6 is 0 Å². The van der Waals surface area contributed by atoms with Crippen LogP contribution in [0, 0.1) is 0 Å². The van der Waals surface area contributed by atoms with Gasteiger partial charge in [-0.1, -0.05) is 136 Å². The van der Waals surface area contributed by atoms with Crippen LogP contribution in [0.5, 0.6) is 0 Å². The first-order chi connectivity index (χ1) is 33.6. The highest BCUT2D eigenvalue weighted by molar-refractivity contribution is 6.02. The van der Waals surface area contributed by atoms with Crippen molar-refractivity contribution < 1.29 is 0 Å². The summed E-state index contributed by atoms with van der Waals surface area (Å²) in [6, 6.07) is 47.9. The van der Waals surface area contributed by atoms with E-state index in [2.05, 4.69) is 50.4 Å². The minimum atomic E-state index is 0.404. The van der Waals surface area contributed by atoms with Gasteiger partial charge in [-0.25, -0.2) is 14.6 Å². The summed E-state index contributed by atoms with van der Waals surface area (Å²) in [4.78, 5) is 27.5. The Morgan fingerprint density at radius 3 is 1.25 bits per heavy atom. The summed E-state index contributed by atoms with van der Waals surface area (Å²) in [7, 11) is 0. The van der Waals surface area contributed by atoms with Crippen LogP contribution in [-0.2, 0) is 0 Å². The minimum absolute atomic E-state index is 0.404. The molecule has 2 N–H and O–H groups in total. The van der Waals surface area contributed by atoms with Crippen LogP contribution in [-0.4, -0.2) is 34.9 Å². The molecule has 0 atom stereocenters. The maximum Gasteiger partial charge on any atom is 0.113 e. The fourth-order valence-corrected chi connectivity index (χ4v) is 8.73. The molecule has 16 heteroatoms. The maximum absolute atomic E-state index is 9.70. The number of nitrogens with one attached hydrogen (secondary N) is 2. The van der Waals surface area contributed by atoms with E-state index in [1.807, 2.05) is 164 Å². The molecule has 0 amide bonds. The number of hydrogen-bond donors (Lipinski definition) is 2. The lowest BCUT2D eigenvalue weighted by Gasteiger charge is -2.09. The van der Waals surface area contributed by atoms with Crippen molar-refractivity contribution in [3.8, 4) is 61.5 Å². The standard InChI is InChI=1S/C52H32N16/c53-64-60-37-15-7-4-12-34(37)50-42-24-22-40(56-42)49(32-18-20-33(21-19-32)68-30-48(63-67-68)31-10-2-1-3-11-31)41-23-25-43(57-41)51(35-13-5-8-16-38(35)61-65-54)45-27-29-47(59-45)52(46-28-26-44(50)58-46)36-14-6-9-17-39(36)62-66-55/h1-30,56,59H. The van der Waals surface area contributed by atoms with Crippen molar-refractivity contribution in [1.29, 1.82) is 0 Å². The summed E-state index contributed by atoms with van der Waals surface area (Å²) in [6.07, 6.45) is 9.66. The molecule has 320 valence electrons. The molecule has 16 nitrogen and oxygen atoms in total. The van der Waals surface area contributed by atoms with Crippen LogP contribution in [0.1, 0.15) is 22.8 Å². The summed E-state index contributed by atoms with van der Waals surface area (Å²) in [5, 5.41) is 21.1. The molecule has 11 rings (SSSR count). The van der Waals surface area contributed by atoms with Gasteiger partial charge in [0.1, 0.15) is 5.69 Å². The Balaban J connectivity index is 1.25. The molecule has 6 heterocycles. The van der Waals surface area contributed by atoms with Crippen LogP contribution in [0.25, 0.3) is 139 Å². The van der Waals surface area contributed by atoms with Crippen molar-refractivity contribution >= 4 is 63.4 Å². The summed E-state index contributed by atoms with van der Waals surface area (Å²) >= 11 is 0. The first-order valence-electron chi connectivity index (χ1n) is 21.3. The third-order valence-corrected chi connectivity index (χ3v) is 11.7. The Kier molecular flexibility index (Phi) is 10.4. The van der Waals surface area contributed by atoms with Gasteiger partial charge < -0.3 is 9.97 Å². The van der Waals surface area contributed by atoms with Gasteiger partial charge in [-0.05, 0) is 99.5 Å². The molecule has 68 heavy (non-hydrogen) atoms. The Bertz CT molecular complexity index is 3820. The largest absolute Gasteiger partial charge is 0.354 e. The second kappa shape index (κ2) is 17.4. The van der Waals surface area contributed by atoms with E-state index in [-0.39, 0.29) is 0 Å². The Morgan fingerprint density at radius 1 is 0.412 bits per heavy atom. The zero-order chi connectivity index (χ0) is 46.0. The average molecular weight is 881 g/mol. The van der Waals surface area contributed by atoms with Crippen molar-refractivity contribution in [3.05, 3.63) is 212 Å². The predicted molar refractivity (Wildman–Crippen MR) is 267 cm³/mol. The minimum Gasteiger partial charge on any atom is -0.354 e. The fourth-order valence-electron chi connectivity index (χ4n) is 8.73. The van der Waals surface area contributed by atoms with Gasteiger partial charge in [-0.2, -0.15) is 0 Å². The van der Waals surface area contributed by atoms with Gasteiger partial charge in [-0.3, -0.25) is 0 Å². The molecule has 2 aliphatic heterocycles. The average Bonchev–Trinajstić information content (AvgIpc) is 4.25. The highest BCUT2D eigenvalue weighted by atomic mass is 15.4. The van der Waals surface area contributed by atoms with Crippen molar-refractivity contribution in [1.82, 2.24) is 34.9 Å². The number of rotatable bonds is 9. The van der Waals surface area contributed by atoms with Gasteiger partial charge in [0.05, 0.1) is 34.7 Å². The van der Waals surface area contributed by atoms with Crippen LogP contribution in [0.15, 0.2) is 173 Å². The Labute approximate surface area is 385 Å². The molecule has 0 saturated carbocycles. The quantitative estimate of drug-likeness (QED) is 0.0817. The topological polar surface area (TPSA) is 234 Å². The molecule has 0 aliphatic carbocycles. The number of benzene rings is 5. The molecule has 9 aromatic rings. The molecule has 8 bridgehead atoms. The zero-order valence-electron chi connectivity index (χ0n) is 35.6. The first kappa shape index (κ1) is 40.5. The normalized spacial score (nSPS) is 11.4. The molecular weight excluding hydrogens is 849 g/mol. The second-order valence-corrected chi connectivity index (χ2v) is 15.6. The summed E-state index contributed by atoms with van der Waals surface area (Å²) in [5.41, 5.74) is 43.7. The van der Waals surface area contributed by atoms with Gasteiger partial charge in [0.15, 0.2) is 0 Å². The molecule has 5 aromatic carbocycles. The fraction of sp³-hybridized carbons (Fsp3) is 0. The Morgan fingerprint density at radius 2 is 0.809 bits per heavy atom. The third-order valence-electron chi connectivity index (χ3n) is 11.7. The van der Waals surface area contributed by atoms with Crippen molar-refractivity contribution in [2.75, 3.05) is 0 Å². The second-order valence-electron chi connectivity index (χ2n) is 15.6. The van der Waals surface area contributed by atoms with E-state index < -0.39 is 0 Å². The monoisotopic (exact) mass is 880 g/mol. The Hall–Kier alpha value is -10.2. The highest BCUT2D eigenvalue weighted by Crippen LogP contribution is 2.43. The van der Waals surface area contributed by atoms with Crippen LogP contribution < -0.4 is 0 Å². The first-order valence-corrected chi connectivity index (χ1v) is 21.3. The van der Waals surface area contributed by atoms with Crippen molar-refractivity contribution in [2.24, 2.45) is 15.3 Å². The molecule has 2 aliphatic rings. The van der Waals surface area contributed by atoms with Crippen LogP contribution in [0.2, 0.25) is 0 Å². The number of hydrogen-bond acceptors (Lipinski definition) is 7. The van der Waals surface area contributed by atoms with Gasteiger partial charge in [0, 0.05) is 81.7 Å². The molecule has 0 radical (unpaired) electrons. The number of aromatic amines is 2. The van der Waals surface area contributed by atoms with Crippen molar-refractivity contribution in [3.63, 3.8) is 0 Å². The van der Waals surface area contributed by atoms with E-state index in [1.165, 1.54) is 0 Å². The number of H-pyrrole nitrogens is 2. The molecule has 0 saturated heterocycles. The summed E-state index contributed by atoms with van der Waals surface area (Å²) in [6.45, 7) is 0. The van der Waals surface area contributed by atoms with Crippen molar-refractivity contribution in [2.45, 2.75) is 0 Å². The predicted octanol–water partition coefficient (Wildman–Crippen LogP) is 15.4. The van der Waals surface area contributed by atoms with Gasteiger partial charge >= 0.3 is 0 Å². The van der Waals surface area contributed by atoms with E-state index in [1.54, 1.807) is 22.9 Å². The molecular formula is C52H32N16. The summed E-state index contributed by atoms with van der Waals surface area (Å²) in [5.74, 6) is 0. The summed E-state index contributed by atoms with van der Waals surface area (Å²) < 4.78 is 1.75. The van der Waals surface area contributed by atoms with E-state index in [4.69, 9.17) is 9.97 Å². The van der Waals surface area contributed by atoms with E-state index >= 15 is 0 Å². The third kappa shape index (κ3) is 7.36. The number of aromatic nitrogens is 7. The van der Waals surface area contributed by atoms with E-state index in [0.29, 0.717) is 89.8 Å². The van der Waals surface area contributed by atoms with Gasteiger partial charge in [0.2, 0.25) is 0 Å². The molecule has 4 aromatic heterocycles. The van der Waals surface area contributed by atoms with Gasteiger partial charge in [-0.15, -0.1) is 5.10 Å². The maximum atomic E-state index is 9.70. The lowest BCUT2D eigenvalue weighted by molar-refractivity contribution is 0.804. The lowest BCUT2D eigenvalue weighted by Crippen LogP contribution is -1.95. The van der Waals surface area contributed by atoms with Crippen LogP contribution in [0.3, 0.4) is 0 Å². The molecule has 0 unspecified atom stereocenters. The SMILES string of the molecule is [N-]=[N+]=Nc1ccccc1-c1c2nc(c(-c3ccccc3N=[N+]=[N-])c3ccc([nH]3)c(-c3ccccc3N=[N+]=[N-])c3nc(c(-c4ccc(-n5cc(-c6ccccc6)nn5)cc4)c4ccc1[nH]4)C=C3)C=C2. The number of nitrogens with zero attached hydrogens (tertiary/aromatic N) is 14.